The van der Waals surface area contributed by atoms with Crippen molar-refractivity contribution < 1.29 is 14.3 Å². The maximum Gasteiger partial charge on any atom is 0.251 e. The van der Waals surface area contributed by atoms with Crippen LogP contribution in [0.15, 0.2) is 42.1 Å². The van der Waals surface area contributed by atoms with Gasteiger partial charge in [0.25, 0.3) is 5.91 Å². The molecule has 2 amide bonds. The summed E-state index contributed by atoms with van der Waals surface area (Å²) in [7, 11) is 0. The van der Waals surface area contributed by atoms with Crippen LogP contribution >= 0.6 is 23.1 Å². The van der Waals surface area contributed by atoms with Crippen LogP contribution in [0.25, 0.3) is 0 Å². The first kappa shape index (κ1) is 25.0. The number of thioether (sulfide) groups is 1. The molecule has 4 rings (SSSR count). The van der Waals surface area contributed by atoms with E-state index in [1.165, 1.54) is 23.1 Å². The van der Waals surface area contributed by atoms with Gasteiger partial charge in [0, 0.05) is 11.4 Å². The van der Waals surface area contributed by atoms with Gasteiger partial charge in [-0.15, -0.1) is 28.1 Å². The number of nitrogens with two attached hydrogens (primary N) is 1. The third-order valence-corrected chi connectivity index (χ3v) is 7.94. The van der Waals surface area contributed by atoms with E-state index in [0.717, 1.165) is 41.0 Å². The highest BCUT2D eigenvalue weighted by atomic mass is 32.2. The number of primary amides is 1. The quantitative estimate of drug-likeness (QED) is 0.309. The Hall–Kier alpha value is -3.11. The number of hydrogen-bond acceptors (Lipinski definition) is 7. The number of thiophene rings is 1. The van der Waals surface area contributed by atoms with E-state index in [9.17, 15) is 9.59 Å². The lowest BCUT2D eigenvalue weighted by Crippen LogP contribution is -2.20. The maximum absolute atomic E-state index is 12.8. The van der Waals surface area contributed by atoms with Crippen LogP contribution in [-0.4, -0.2) is 32.3 Å². The monoisotopic (exact) mass is 511 g/mol. The van der Waals surface area contributed by atoms with Gasteiger partial charge in [0.2, 0.25) is 5.91 Å². The van der Waals surface area contributed by atoms with E-state index < -0.39 is 5.91 Å². The van der Waals surface area contributed by atoms with Gasteiger partial charge in [-0.1, -0.05) is 36.9 Å². The summed E-state index contributed by atoms with van der Waals surface area (Å²) in [4.78, 5) is 26.0. The Kier molecular flexibility index (Phi) is 7.92. The summed E-state index contributed by atoms with van der Waals surface area (Å²) in [5.41, 5.74) is 8.22. The molecule has 0 spiro atoms. The van der Waals surface area contributed by atoms with E-state index in [0.29, 0.717) is 34.0 Å². The van der Waals surface area contributed by atoms with Crippen molar-refractivity contribution in [2.24, 2.45) is 11.7 Å². The zero-order valence-electron chi connectivity index (χ0n) is 19.9. The summed E-state index contributed by atoms with van der Waals surface area (Å²) in [5, 5.41) is 12.5. The minimum atomic E-state index is -0.496. The number of benzene rings is 1. The number of carbonyl (C=O) groups excluding carboxylic acids is 2. The highest BCUT2D eigenvalue weighted by Gasteiger charge is 2.27. The summed E-state index contributed by atoms with van der Waals surface area (Å²) in [6.07, 6.45) is 4.49. The van der Waals surface area contributed by atoms with E-state index >= 15 is 0 Å². The topological polar surface area (TPSA) is 112 Å². The highest BCUT2D eigenvalue weighted by Crippen LogP contribution is 2.39. The van der Waals surface area contributed by atoms with Gasteiger partial charge in [-0.3, -0.25) is 14.2 Å². The number of aromatic nitrogens is 3. The summed E-state index contributed by atoms with van der Waals surface area (Å²) < 4.78 is 7.75. The van der Waals surface area contributed by atoms with Crippen molar-refractivity contribution in [3.8, 4) is 5.75 Å². The normalized spacial score (nSPS) is 14.9. The molecule has 1 unspecified atom stereocenters. The molecule has 2 aromatic heterocycles. The average molecular weight is 512 g/mol. The Morgan fingerprint density at radius 1 is 1.40 bits per heavy atom. The van der Waals surface area contributed by atoms with E-state index in [4.69, 9.17) is 10.5 Å². The van der Waals surface area contributed by atoms with Crippen LogP contribution in [0.1, 0.15) is 45.5 Å². The Labute approximate surface area is 213 Å². The number of hydrogen-bond donors (Lipinski definition) is 2. The molecule has 3 N–H and O–H groups in total. The van der Waals surface area contributed by atoms with Crippen LogP contribution in [0, 0.1) is 12.8 Å². The molecule has 0 radical (unpaired) electrons. The van der Waals surface area contributed by atoms with Crippen molar-refractivity contribution in [1.82, 2.24) is 14.8 Å². The first-order valence-electron chi connectivity index (χ1n) is 11.4. The predicted molar refractivity (Wildman–Crippen MR) is 139 cm³/mol. The van der Waals surface area contributed by atoms with Gasteiger partial charge in [0.15, 0.2) is 11.0 Å². The third kappa shape index (κ3) is 5.94. The lowest BCUT2D eigenvalue weighted by Gasteiger charge is -2.18. The first-order valence-corrected chi connectivity index (χ1v) is 13.2. The van der Waals surface area contributed by atoms with E-state index in [1.807, 2.05) is 35.8 Å². The van der Waals surface area contributed by atoms with Gasteiger partial charge < -0.3 is 15.8 Å². The number of rotatable bonds is 10. The molecule has 0 aliphatic heterocycles. The summed E-state index contributed by atoms with van der Waals surface area (Å²) in [6, 6.07) is 7.79. The van der Waals surface area contributed by atoms with Crippen molar-refractivity contribution >= 4 is 39.9 Å². The highest BCUT2D eigenvalue weighted by molar-refractivity contribution is 7.99. The van der Waals surface area contributed by atoms with Crippen molar-refractivity contribution in [1.29, 1.82) is 0 Å². The second-order valence-electron chi connectivity index (χ2n) is 8.66. The number of fused-ring (bicyclic) bond motifs is 1. The number of allylic oxidation sites excluding steroid dienone is 1. The number of amides is 2. The second-order valence-corrected chi connectivity index (χ2v) is 10.7. The van der Waals surface area contributed by atoms with Gasteiger partial charge >= 0.3 is 0 Å². The zero-order valence-corrected chi connectivity index (χ0v) is 21.5. The molecule has 1 aliphatic carbocycles. The third-order valence-electron chi connectivity index (χ3n) is 5.81. The van der Waals surface area contributed by atoms with Crippen molar-refractivity contribution in [2.75, 3.05) is 11.1 Å². The Morgan fingerprint density at radius 3 is 2.97 bits per heavy atom. The molecule has 8 nitrogen and oxygen atoms in total. The minimum Gasteiger partial charge on any atom is -0.486 e. The van der Waals surface area contributed by atoms with Gasteiger partial charge in [-0.25, -0.2) is 0 Å². The number of ether oxygens (including phenoxy) is 1. The molecule has 0 fully saturated rings. The fourth-order valence-corrected chi connectivity index (χ4v) is 6.29. The summed E-state index contributed by atoms with van der Waals surface area (Å²) >= 11 is 2.73. The molecule has 3 aromatic rings. The van der Waals surface area contributed by atoms with Gasteiger partial charge in [-0.05, 0) is 55.4 Å². The van der Waals surface area contributed by atoms with Crippen LogP contribution in [-0.2, 0) is 30.8 Å². The average Bonchev–Trinajstić information content (AvgIpc) is 3.36. The number of nitrogens with one attached hydrogen (secondary N) is 1. The summed E-state index contributed by atoms with van der Waals surface area (Å²) in [5.74, 6) is 1.35. The molecular weight excluding hydrogens is 482 g/mol. The van der Waals surface area contributed by atoms with Crippen LogP contribution < -0.4 is 15.8 Å². The molecule has 184 valence electrons. The van der Waals surface area contributed by atoms with Gasteiger partial charge in [-0.2, -0.15) is 0 Å². The number of aryl methyl sites for hydroxylation is 1. The number of anilines is 1. The Bertz CT molecular complexity index is 1250. The molecule has 1 aliphatic rings. The van der Waals surface area contributed by atoms with Crippen molar-refractivity contribution in [3.63, 3.8) is 0 Å². The Morgan fingerprint density at radius 2 is 2.23 bits per heavy atom. The fourth-order valence-electron chi connectivity index (χ4n) is 4.09. The van der Waals surface area contributed by atoms with Gasteiger partial charge in [0.05, 0.1) is 11.3 Å². The lowest BCUT2D eigenvalue weighted by molar-refractivity contribution is -0.113. The van der Waals surface area contributed by atoms with Crippen molar-refractivity contribution in [3.05, 3.63) is 64.3 Å². The fraction of sp³-hybridized carbons (Fsp3) is 0.360. The number of nitrogens with zero attached hydrogens (tertiary/aromatic N) is 3. The molecule has 0 bridgehead atoms. The van der Waals surface area contributed by atoms with Gasteiger partial charge in [0.1, 0.15) is 17.4 Å². The standard InChI is InChI=1S/C25H29N5O3S2/c1-4-10-30-20(13-33-17-7-5-6-15(2)11-17)28-29-25(30)34-14-21(31)27-24-22(23(26)32)18-9-8-16(3)12-19(18)35-24/h4-7,11,16H,1,8-10,12-14H2,2-3H3,(H2,26,32)(H,27,31). The second kappa shape index (κ2) is 11.1. The van der Waals surface area contributed by atoms with E-state index in [1.54, 1.807) is 6.08 Å². The molecule has 2 heterocycles. The van der Waals surface area contributed by atoms with E-state index in [2.05, 4.69) is 29.0 Å². The largest absolute Gasteiger partial charge is 0.486 e. The molecule has 10 heteroatoms. The minimum absolute atomic E-state index is 0.116. The number of carbonyl (C=O) groups is 2. The molecule has 1 atom stereocenters. The molecule has 1 aromatic carbocycles. The maximum atomic E-state index is 12.8. The predicted octanol–water partition coefficient (Wildman–Crippen LogP) is 4.37. The smallest absolute Gasteiger partial charge is 0.251 e. The molecule has 35 heavy (non-hydrogen) atoms. The van der Waals surface area contributed by atoms with Crippen LogP contribution in [0.5, 0.6) is 5.75 Å². The zero-order chi connectivity index (χ0) is 24.9. The molecule has 0 saturated carbocycles. The SMILES string of the molecule is C=CCn1c(COc2cccc(C)c2)nnc1SCC(=O)Nc1sc2c(c1C(N)=O)CCC(C)C2. The van der Waals surface area contributed by atoms with Crippen LogP contribution in [0.3, 0.4) is 0 Å². The Balaban J connectivity index is 1.42. The van der Waals surface area contributed by atoms with Crippen molar-refractivity contribution in [2.45, 2.75) is 51.4 Å². The molecular formula is C25H29N5O3S2. The van der Waals surface area contributed by atoms with Crippen LogP contribution in [0.2, 0.25) is 0 Å². The summed E-state index contributed by atoms with van der Waals surface area (Å²) in [6.45, 7) is 8.75. The van der Waals surface area contributed by atoms with E-state index in [-0.39, 0.29) is 18.3 Å². The van der Waals surface area contributed by atoms with Crippen LogP contribution in [0.4, 0.5) is 5.00 Å². The first-order chi connectivity index (χ1) is 16.9. The molecule has 0 saturated heterocycles. The lowest BCUT2D eigenvalue weighted by atomic mass is 9.88.